The Morgan fingerprint density at radius 2 is 2.00 bits per heavy atom. The number of hydrogen-bond acceptors (Lipinski definition) is 4. The van der Waals surface area contributed by atoms with Crippen molar-refractivity contribution >= 4 is 0 Å². The zero-order chi connectivity index (χ0) is 18.8. The molecule has 1 atom stereocenters. The van der Waals surface area contributed by atoms with E-state index in [0.29, 0.717) is 19.0 Å². The summed E-state index contributed by atoms with van der Waals surface area (Å²) in [6.45, 7) is 6.55. The highest BCUT2D eigenvalue weighted by Gasteiger charge is 2.25. The van der Waals surface area contributed by atoms with Crippen LogP contribution in [-0.4, -0.2) is 32.3 Å². The van der Waals surface area contributed by atoms with Gasteiger partial charge < -0.3 is 9.30 Å². The van der Waals surface area contributed by atoms with Gasteiger partial charge in [0.25, 0.3) is 0 Å². The molecule has 3 aromatic rings. The Labute approximate surface area is 158 Å². The smallest absolute Gasteiger partial charge is 0.348 e. The molecule has 1 aromatic carbocycles. The van der Waals surface area contributed by atoms with Crippen molar-refractivity contribution in [3.8, 4) is 11.3 Å². The van der Waals surface area contributed by atoms with Crippen LogP contribution in [0, 0.1) is 13.8 Å². The molecule has 1 aliphatic rings. The molecule has 0 aliphatic carbocycles. The second kappa shape index (κ2) is 7.48. The summed E-state index contributed by atoms with van der Waals surface area (Å²) in [6, 6.07) is 12.2. The summed E-state index contributed by atoms with van der Waals surface area (Å²) in [6.07, 6.45) is 2.88. The van der Waals surface area contributed by atoms with E-state index in [9.17, 15) is 4.79 Å². The average molecular weight is 364 g/mol. The highest BCUT2D eigenvalue weighted by Crippen LogP contribution is 2.33. The van der Waals surface area contributed by atoms with Crippen molar-refractivity contribution in [2.24, 2.45) is 0 Å². The van der Waals surface area contributed by atoms with E-state index in [1.807, 2.05) is 44.4 Å². The Balaban J connectivity index is 1.67. The lowest BCUT2D eigenvalue weighted by Gasteiger charge is -2.16. The fourth-order valence-corrected chi connectivity index (χ4v) is 3.82. The van der Waals surface area contributed by atoms with Gasteiger partial charge in [-0.2, -0.15) is 4.98 Å². The fourth-order valence-electron chi connectivity index (χ4n) is 3.82. The quantitative estimate of drug-likeness (QED) is 0.698. The molecule has 0 N–H and O–H groups in total. The molecular weight excluding hydrogens is 340 g/mol. The van der Waals surface area contributed by atoms with Crippen LogP contribution in [0.2, 0.25) is 0 Å². The summed E-state index contributed by atoms with van der Waals surface area (Å²) in [7, 11) is 0. The van der Waals surface area contributed by atoms with Crippen LogP contribution >= 0.6 is 0 Å². The Bertz CT molecular complexity index is 985. The molecule has 0 saturated carbocycles. The molecule has 0 spiro atoms. The van der Waals surface area contributed by atoms with Gasteiger partial charge in [0.15, 0.2) is 0 Å². The van der Waals surface area contributed by atoms with Crippen LogP contribution in [0.25, 0.3) is 11.3 Å². The van der Waals surface area contributed by atoms with Crippen molar-refractivity contribution in [3.05, 3.63) is 70.3 Å². The number of hydrogen-bond donors (Lipinski definition) is 0. The lowest BCUT2D eigenvalue weighted by Crippen LogP contribution is -2.27. The first-order valence-electron chi connectivity index (χ1n) is 9.37. The van der Waals surface area contributed by atoms with Crippen LogP contribution in [0.1, 0.15) is 29.4 Å². The Kier molecular flexibility index (Phi) is 4.90. The number of ether oxygens (including phenoxy) is 1. The molecule has 0 amide bonds. The predicted octanol–water partition coefficient (Wildman–Crippen LogP) is 2.93. The van der Waals surface area contributed by atoms with Crippen molar-refractivity contribution in [2.45, 2.75) is 39.3 Å². The summed E-state index contributed by atoms with van der Waals surface area (Å²) in [5, 5.41) is 0. The molecule has 3 heterocycles. The fraction of sp³-hybridized carbons (Fsp3) is 0.381. The number of nitrogens with zero attached hydrogens (tertiary/aromatic N) is 4. The topological polar surface area (TPSA) is 61.9 Å². The van der Waals surface area contributed by atoms with Crippen LogP contribution in [0.5, 0.6) is 0 Å². The molecule has 0 radical (unpaired) electrons. The summed E-state index contributed by atoms with van der Waals surface area (Å²) in [4.78, 5) is 21.0. The third kappa shape index (κ3) is 3.57. The van der Waals surface area contributed by atoms with Crippen molar-refractivity contribution in [1.82, 2.24) is 19.1 Å². The molecule has 6 nitrogen and oxygen atoms in total. The molecule has 140 valence electrons. The molecule has 4 rings (SSSR count). The minimum Gasteiger partial charge on any atom is -0.381 e. The maximum absolute atomic E-state index is 12.3. The molecular formula is C21H24N4O2. The maximum atomic E-state index is 12.3. The predicted molar refractivity (Wildman–Crippen MR) is 104 cm³/mol. The van der Waals surface area contributed by atoms with E-state index in [1.54, 1.807) is 4.57 Å². The van der Waals surface area contributed by atoms with Crippen LogP contribution < -0.4 is 5.69 Å². The normalized spacial score (nSPS) is 16.7. The number of imidazole rings is 1. The monoisotopic (exact) mass is 364 g/mol. The van der Waals surface area contributed by atoms with Gasteiger partial charge in [-0.05, 0) is 26.3 Å². The van der Waals surface area contributed by atoms with Gasteiger partial charge in [-0.3, -0.25) is 4.57 Å². The minimum atomic E-state index is -0.193. The standard InChI is InChI=1S/C21H24N4O2/c1-15-12-16(2)25(21(26)23-15)10-9-24-14-22-19(17-6-4-3-5-7-17)20(24)18-8-11-27-13-18/h3-7,12,14,18H,8-11,13H2,1-2H3/t18-/m0/s1. The van der Waals surface area contributed by atoms with E-state index in [1.165, 1.54) is 5.69 Å². The van der Waals surface area contributed by atoms with Gasteiger partial charge in [0.05, 0.1) is 24.3 Å². The Morgan fingerprint density at radius 1 is 1.19 bits per heavy atom. The van der Waals surface area contributed by atoms with Gasteiger partial charge in [-0.25, -0.2) is 9.78 Å². The largest absolute Gasteiger partial charge is 0.381 e. The van der Waals surface area contributed by atoms with E-state index < -0.39 is 0 Å². The van der Waals surface area contributed by atoms with Crippen molar-refractivity contribution < 1.29 is 4.74 Å². The first-order valence-corrected chi connectivity index (χ1v) is 9.37. The molecule has 27 heavy (non-hydrogen) atoms. The number of aromatic nitrogens is 4. The molecule has 1 aliphatic heterocycles. The molecule has 2 aromatic heterocycles. The minimum absolute atomic E-state index is 0.193. The summed E-state index contributed by atoms with van der Waals surface area (Å²) < 4.78 is 9.53. The highest BCUT2D eigenvalue weighted by molar-refractivity contribution is 5.62. The average Bonchev–Trinajstić information content (AvgIpc) is 3.31. The van der Waals surface area contributed by atoms with Gasteiger partial charge >= 0.3 is 5.69 Å². The third-order valence-corrected chi connectivity index (χ3v) is 5.15. The van der Waals surface area contributed by atoms with Gasteiger partial charge in [0.1, 0.15) is 0 Å². The number of aryl methyl sites for hydroxylation is 3. The van der Waals surface area contributed by atoms with E-state index in [2.05, 4.69) is 21.7 Å². The lowest BCUT2D eigenvalue weighted by atomic mass is 9.99. The van der Waals surface area contributed by atoms with Gasteiger partial charge in [-0.1, -0.05) is 30.3 Å². The van der Waals surface area contributed by atoms with Gasteiger partial charge in [0, 0.05) is 42.6 Å². The highest BCUT2D eigenvalue weighted by atomic mass is 16.5. The van der Waals surface area contributed by atoms with E-state index in [-0.39, 0.29) is 5.69 Å². The summed E-state index contributed by atoms with van der Waals surface area (Å²) in [5.74, 6) is 0.330. The van der Waals surface area contributed by atoms with E-state index in [0.717, 1.165) is 42.3 Å². The third-order valence-electron chi connectivity index (χ3n) is 5.15. The SMILES string of the molecule is Cc1cc(C)n(CCn2cnc(-c3ccccc3)c2[C@H]2CCOC2)c(=O)n1. The van der Waals surface area contributed by atoms with Crippen LogP contribution in [-0.2, 0) is 17.8 Å². The van der Waals surface area contributed by atoms with Gasteiger partial charge in [-0.15, -0.1) is 0 Å². The van der Waals surface area contributed by atoms with Crippen LogP contribution in [0.4, 0.5) is 0 Å². The van der Waals surface area contributed by atoms with Crippen LogP contribution in [0.3, 0.4) is 0 Å². The number of benzene rings is 1. The number of rotatable bonds is 5. The molecule has 1 saturated heterocycles. The zero-order valence-corrected chi connectivity index (χ0v) is 15.8. The maximum Gasteiger partial charge on any atom is 0.348 e. The van der Waals surface area contributed by atoms with Crippen molar-refractivity contribution in [2.75, 3.05) is 13.2 Å². The Morgan fingerprint density at radius 3 is 2.70 bits per heavy atom. The Hall–Kier alpha value is -2.73. The van der Waals surface area contributed by atoms with E-state index >= 15 is 0 Å². The first kappa shape index (κ1) is 17.7. The molecule has 1 fully saturated rings. The second-order valence-electron chi connectivity index (χ2n) is 7.07. The molecule has 6 heteroatoms. The van der Waals surface area contributed by atoms with Gasteiger partial charge in [0.2, 0.25) is 0 Å². The summed E-state index contributed by atoms with van der Waals surface area (Å²) in [5.41, 5.74) is 4.82. The van der Waals surface area contributed by atoms with E-state index in [4.69, 9.17) is 9.72 Å². The van der Waals surface area contributed by atoms with Crippen LogP contribution in [0.15, 0.2) is 47.5 Å². The molecule has 0 unspecified atom stereocenters. The van der Waals surface area contributed by atoms with Crippen molar-refractivity contribution in [1.29, 1.82) is 0 Å². The second-order valence-corrected chi connectivity index (χ2v) is 7.07. The lowest BCUT2D eigenvalue weighted by molar-refractivity contribution is 0.193. The molecule has 0 bridgehead atoms. The zero-order valence-electron chi connectivity index (χ0n) is 15.8. The first-order chi connectivity index (χ1) is 13.1. The summed E-state index contributed by atoms with van der Waals surface area (Å²) >= 11 is 0. The van der Waals surface area contributed by atoms with Crippen molar-refractivity contribution in [3.63, 3.8) is 0 Å².